The molecule has 0 aromatic carbocycles. The van der Waals surface area contributed by atoms with Crippen molar-refractivity contribution in [2.75, 3.05) is 0 Å². The van der Waals surface area contributed by atoms with Gasteiger partial charge in [-0.2, -0.15) is 0 Å². The molecule has 2 N–H and O–H groups in total. The van der Waals surface area contributed by atoms with Crippen molar-refractivity contribution in [3.05, 3.63) is 0 Å². The monoisotopic (exact) mass is 389 g/mol. The highest BCUT2D eigenvalue weighted by Crippen LogP contribution is 2.68. The second-order valence-electron chi connectivity index (χ2n) is 12.1. The summed E-state index contributed by atoms with van der Waals surface area (Å²) < 4.78 is 0. The van der Waals surface area contributed by atoms with E-state index in [-0.39, 0.29) is 6.04 Å². The third-order valence-corrected chi connectivity index (χ3v) is 10.9. The summed E-state index contributed by atoms with van der Waals surface area (Å²) in [5.41, 5.74) is 3.71. The maximum absolute atomic E-state index is 9.07. The average molecular weight is 390 g/mol. The van der Waals surface area contributed by atoms with Gasteiger partial charge in [0, 0.05) is 6.04 Å². The summed E-state index contributed by atoms with van der Waals surface area (Å²) in [6.07, 6.45) is 18.9. The number of rotatable bonds is 6. The second kappa shape index (κ2) is 8.22. The first-order valence-electron chi connectivity index (χ1n) is 12.8. The number of hydroxylamine groups is 1. The van der Waals surface area contributed by atoms with Crippen molar-refractivity contribution in [2.24, 2.45) is 46.3 Å². The molecule has 2 heteroatoms. The van der Waals surface area contributed by atoms with Gasteiger partial charge in [0.25, 0.3) is 0 Å². The van der Waals surface area contributed by atoms with Crippen LogP contribution in [0.15, 0.2) is 0 Å². The Morgan fingerprint density at radius 1 is 0.857 bits per heavy atom. The van der Waals surface area contributed by atoms with Gasteiger partial charge in [-0.15, -0.1) is 0 Å². The Hall–Kier alpha value is -0.0800. The lowest BCUT2D eigenvalue weighted by Crippen LogP contribution is -2.53. The molecule has 0 saturated heterocycles. The highest BCUT2D eigenvalue weighted by atomic mass is 16.5. The van der Waals surface area contributed by atoms with Crippen molar-refractivity contribution in [1.82, 2.24) is 5.48 Å². The van der Waals surface area contributed by atoms with Gasteiger partial charge in [0.1, 0.15) is 0 Å². The lowest BCUT2D eigenvalue weighted by molar-refractivity contribution is -0.114. The first-order chi connectivity index (χ1) is 13.4. The quantitative estimate of drug-likeness (QED) is 0.470. The van der Waals surface area contributed by atoms with E-state index in [1.165, 1.54) is 70.6 Å². The fourth-order valence-corrected chi connectivity index (χ4v) is 9.28. The van der Waals surface area contributed by atoms with Crippen LogP contribution in [0.5, 0.6) is 0 Å². The van der Waals surface area contributed by atoms with E-state index in [1.807, 2.05) is 0 Å². The Kier molecular flexibility index (Phi) is 6.21. The van der Waals surface area contributed by atoms with Gasteiger partial charge in [-0.1, -0.05) is 46.5 Å². The third-order valence-electron chi connectivity index (χ3n) is 10.9. The van der Waals surface area contributed by atoms with Crippen molar-refractivity contribution in [1.29, 1.82) is 0 Å². The summed E-state index contributed by atoms with van der Waals surface area (Å²) in [5, 5.41) is 9.07. The number of hydrogen-bond acceptors (Lipinski definition) is 2. The lowest BCUT2D eigenvalue weighted by Gasteiger charge is -2.61. The van der Waals surface area contributed by atoms with Crippen LogP contribution in [0.2, 0.25) is 0 Å². The molecule has 28 heavy (non-hydrogen) atoms. The summed E-state index contributed by atoms with van der Waals surface area (Å²) >= 11 is 0. The standard InChI is InChI=1S/C26H47NO/c1-18(8-7-9-19(2)27-28)22-13-14-23-21-12-11-20-10-5-6-16-25(20,3)24(21)15-17-26(22,23)4/h18-24,27-28H,5-17H2,1-4H3/t18-,19?,20?,21+,22-,23+,24+,25+,26-/m1/s1. The molecule has 0 spiro atoms. The van der Waals surface area contributed by atoms with Crippen molar-refractivity contribution in [2.45, 2.75) is 117 Å². The SMILES string of the molecule is CC(CCC[C@@H](C)[C@H]1CC[C@H]2[C@@H]3CCC4CCCC[C@]4(C)[C@H]3CC[C@]12C)NO. The van der Waals surface area contributed by atoms with Crippen molar-refractivity contribution in [3.8, 4) is 0 Å². The molecule has 9 atom stereocenters. The van der Waals surface area contributed by atoms with E-state index in [9.17, 15) is 0 Å². The molecule has 2 unspecified atom stereocenters. The van der Waals surface area contributed by atoms with Crippen LogP contribution in [-0.4, -0.2) is 11.2 Å². The van der Waals surface area contributed by atoms with Crippen LogP contribution in [-0.2, 0) is 0 Å². The van der Waals surface area contributed by atoms with Gasteiger partial charge >= 0.3 is 0 Å². The average Bonchev–Trinajstić information content (AvgIpc) is 3.04. The van der Waals surface area contributed by atoms with E-state index in [4.69, 9.17) is 5.21 Å². The van der Waals surface area contributed by atoms with Crippen LogP contribution in [0.3, 0.4) is 0 Å². The van der Waals surface area contributed by atoms with Crippen molar-refractivity contribution in [3.63, 3.8) is 0 Å². The molecule has 0 aromatic heterocycles. The van der Waals surface area contributed by atoms with Crippen LogP contribution < -0.4 is 5.48 Å². The van der Waals surface area contributed by atoms with Gasteiger partial charge < -0.3 is 5.21 Å². The molecule has 0 heterocycles. The Labute approximate surface area is 174 Å². The molecule has 162 valence electrons. The zero-order valence-corrected chi connectivity index (χ0v) is 19.2. The maximum Gasteiger partial charge on any atom is 0.0291 e. The van der Waals surface area contributed by atoms with Crippen LogP contribution in [0, 0.1) is 46.3 Å². The van der Waals surface area contributed by atoms with E-state index < -0.39 is 0 Å². The second-order valence-corrected chi connectivity index (χ2v) is 12.1. The highest BCUT2D eigenvalue weighted by molar-refractivity contribution is 5.09. The minimum absolute atomic E-state index is 0.237. The minimum atomic E-state index is 0.237. The molecule has 0 radical (unpaired) electrons. The Morgan fingerprint density at radius 3 is 2.43 bits per heavy atom. The van der Waals surface area contributed by atoms with Gasteiger partial charge in [-0.3, -0.25) is 0 Å². The van der Waals surface area contributed by atoms with Crippen LogP contribution in [0.25, 0.3) is 0 Å². The lowest BCUT2D eigenvalue weighted by atomic mass is 9.44. The van der Waals surface area contributed by atoms with Gasteiger partial charge in [-0.05, 0) is 111 Å². The van der Waals surface area contributed by atoms with Crippen LogP contribution in [0.1, 0.15) is 111 Å². The first kappa shape index (κ1) is 21.2. The molecule has 2 nitrogen and oxygen atoms in total. The van der Waals surface area contributed by atoms with Crippen LogP contribution >= 0.6 is 0 Å². The molecule has 4 rings (SSSR count). The van der Waals surface area contributed by atoms with E-state index in [0.717, 1.165) is 41.9 Å². The molecule has 0 amide bonds. The predicted octanol–water partition coefficient (Wildman–Crippen LogP) is 7.21. The van der Waals surface area contributed by atoms with Gasteiger partial charge in [0.05, 0.1) is 0 Å². The summed E-state index contributed by atoms with van der Waals surface area (Å²) in [7, 11) is 0. The molecular weight excluding hydrogens is 342 g/mol. The van der Waals surface area contributed by atoms with E-state index in [2.05, 4.69) is 33.2 Å². The highest BCUT2D eigenvalue weighted by Gasteiger charge is 2.59. The molecule has 4 aliphatic carbocycles. The minimum Gasteiger partial charge on any atom is -0.317 e. The molecule has 0 aliphatic heterocycles. The largest absolute Gasteiger partial charge is 0.317 e. The summed E-state index contributed by atoms with van der Waals surface area (Å²) in [6, 6.07) is 0.237. The number of fused-ring (bicyclic) bond motifs is 5. The Morgan fingerprint density at radius 2 is 1.64 bits per heavy atom. The molecule has 4 aliphatic rings. The first-order valence-corrected chi connectivity index (χ1v) is 12.8. The predicted molar refractivity (Wildman–Crippen MR) is 117 cm³/mol. The zero-order chi connectivity index (χ0) is 19.9. The molecule has 0 aromatic rings. The summed E-state index contributed by atoms with van der Waals surface area (Å²) in [4.78, 5) is 0. The number of nitrogens with one attached hydrogen (secondary N) is 1. The fraction of sp³-hybridized carbons (Fsp3) is 1.00. The zero-order valence-electron chi connectivity index (χ0n) is 19.2. The third kappa shape index (κ3) is 3.49. The van der Waals surface area contributed by atoms with Crippen molar-refractivity contribution < 1.29 is 5.21 Å². The normalized spacial score (nSPS) is 47.7. The van der Waals surface area contributed by atoms with Gasteiger partial charge in [-0.25, -0.2) is 5.48 Å². The van der Waals surface area contributed by atoms with E-state index in [0.29, 0.717) is 10.8 Å². The molecule has 4 fully saturated rings. The van der Waals surface area contributed by atoms with Gasteiger partial charge in [0.2, 0.25) is 0 Å². The molecular formula is C26H47NO. The van der Waals surface area contributed by atoms with E-state index >= 15 is 0 Å². The fourth-order valence-electron chi connectivity index (χ4n) is 9.28. The van der Waals surface area contributed by atoms with Crippen LogP contribution in [0.4, 0.5) is 0 Å². The van der Waals surface area contributed by atoms with Gasteiger partial charge in [0.15, 0.2) is 0 Å². The Bertz CT molecular complexity index is 535. The Balaban J connectivity index is 1.43. The summed E-state index contributed by atoms with van der Waals surface area (Å²) in [5.74, 6) is 5.91. The summed E-state index contributed by atoms with van der Waals surface area (Å²) in [6.45, 7) is 10.0. The molecule has 4 saturated carbocycles. The van der Waals surface area contributed by atoms with E-state index in [1.54, 1.807) is 6.42 Å². The number of hydrogen-bond donors (Lipinski definition) is 2. The molecule has 0 bridgehead atoms. The van der Waals surface area contributed by atoms with Crippen molar-refractivity contribution >= 4 is 0 Å². The smallest absolute Gasteiger partial charge is 0.0291 e. The maximum atomic E-state index is 9.07. The topological polar surface area (TPSA) is 32.3 Å².